The lowest BCUT2D eigenvalue weighted by Crippen LogP contribution is -2.27. The Morgan fingerprint density at radius 3 is 2.29 bits per heavy atom. The van der Waals surface area contributed by atoms with Gasteiger partial charge in [-0.3, -0.25) is 0 Å². The standard InChI is InChI=1S/C13H19NO3/c1-8-6-10(11(16-4)7-9(8)2)12(14-3)13(15)17-5/h6-7,12,14H,1-5H3. The molecule has 0 bridgehead atoms. The molecule has 4 nitrogen and oxygen atoms in total. The summed E-state index contributed by atoms with van der Waals surface area (Å²) in [5.41, 5.74) is 3.04. The van der Waals surface area contributed by atoms with Crippen molar-refractivity contribution in [1.82, 2.24) is 5.32 Å². The van der Waals surface area contributed by atoms with Crippen LogP contribution >= 0.6 is 0 Å². The number of likely N-dealkylation sites (N-methyl/N-ethyl adjacent to an activating group) is 1. The van der Waals surface area contributed by atoms with Crippen molar-refractivity contribution in [2.45, 2.75) is 19.9 Å². The molecule has 17 heavy (non-hydrogen) atoms. The summed E-state index contributed by atoms with van der Waals surface area (Å²) in [6.45, 7) is 4.01. The van der Waals surface area contributed by atoms with Crippen molar-refractivity contribution in [2.24, 2.45) is 0 Å². The van der Waals surface area contributed by atoms with E-state index in [1.807, 2.05) is 26.0 Å². The molecule has 0 saturated carbocycles. The highest BCUT2D eigenvalue weighted by Crippen LogP contribution is 2.29. The van der Waals surface area contributed by atoms with Gasteiger partial charge in [0.1, 0.15) is 11.8 Å². The van der Waals surface area contributed by atoms with E-state index in [1.165, 1.54) is 7.11 Å². The highest BCUT2D eigenvalue weighted by molar-refractivity contribution is 5.78. The number of rotatable bonds is 4. The lowest BCUT2D eigenvalue weighted by molar-refractivity contribution is -0.143. The van der Waals surface area contributed by atoms with Crippen LogP contribution in [0.15, 0.2) is 12.1 Å². The quantitative estimate of drug-likeness (QED) is 0.810. The number of hydrogen-bond donors (Lipinski definition) is 1. The molecule has 1 rings (SSSR count). The van der Waals surface area contributed by atoms with E-state index in [4.69, 9.17) is 9.47 Å². The van der Waals surface area contributed by atoms with Crippen LogP contribution in [0.2, 0.25) is 0 Å². The molecular weight excluding hydrogens is 218 g/mol. The molecule has 1 unspecified atom stereocenters. The fraction of sp³-hybridized carbons (Fsp3) is 0.462. The molecule has 0 amide bonds. The summed E-state index contributed by atoms with van der Waals surface area (Å²) >= 11 is 0. The molecule has 94 valence electrons. The van der Waals surface area contributed by atoms with E-state index < -0.39 is 6.04 Å². The van der Waals surface area contributed by atoms with Gasteiger partial charge in [-0.25, -0.2) is 4.79 Å². The first-order chi connectivity index (χ1) is 8.04. The van der Waals surface area contributed by atoms with Crippen molar-refractivity contribution in [2.75, 3.05) is 21.3 Å². The smallest absolute Gasteiger partial charge is 0.327 e. The number of esters is 1. The Kier molecular flexibility index (Phi) is 4.52. The SMILES string of the molecule is CNC(C(=O)OC)c1cc(C)c(C)cc1OC. The first-order valence-corrected chi connectivity index (χ1v) is 5.45. The topological polar surface area (TPSA) is 47.6 Å². The molecule has 0 aliphatic rings. The van der Waals surface area contributed by atoms with Gasteiger partial charge in [-0.2, -0.15) is 0 Å². The minimum absolute atomic E-state index is 0.325. The Bertz CT molecular complexity index is 415. The number of nitrogens with one attached hydrogen (secondary N) is 1. The summed E-state index contributed by atoms with van der Waals surface area (Å²) in [5.74, 6) is 0.368. The van der Waals surface area contributed by atoms with Crippen molar-refractivity contribution in [1.29, 1.82) is 0 Å². The summed E-state index contributed by atoms with van der Waals surface area (Å²) in [7, 11) is 4.69. The van der Waals surface area contributed by atoms with Crippen molar-refractivity contribution in [3.8, 4) is 5.75 Å². The van der Waals surface area contributed by atoms with E-state index >= 15 is 0 Å². The average molecular weight is 237 g/mol. The Balaban J connectivity index is 3.27. The van der Waals surface area contributed by atoms with E-state index in [2.05, 4.69) is 5.32 Å². The van der Waals surface area contributed by atoms with Crippen LogP contribution in [-0.4, -0.2) is 27.2 Å². The van der Waals surface area contributed by atoms with Crippen LogP contribution < -0.4 is 10.1 Å². The van der Waals surface area contributed by atoms with E-state index in [9.17, 15) is 4.79 Å². The number of hydrogen-bond acceptors (Lipinski definition) is 4. The molecule has 1 aromatic carbocycles. The molecule has 0 aromatic heterocycles. The molecule has 0 aliphatic heterocycles. The molecule has 0 saturated heterocycles. The third kappa shape index (κ3) is 2.77. The zero-order valence-electron chi connectivity index (χ0n) is 11.0. The highest BCUT2D eigenvalue weighted by atomic mass is 16.5. The van der Waals surface area contributed by atoms with E-state index in [1.54, 1.807) is 14.2 Å². The molecular formula is C13H19NO3. The van der Waals surface area contributed by atoms with Crippen molar-refractivity contribution >= 4 is 5.97 Å². The number of ether oxygens (including phenoxy) is 2. The molecule has 1 atom stereocenters. The maximum atomic E-state index is 11.7. The Labute approximate surface area is 102 Å². The Hall–Kier alpha value is -1.55. The van der Waals surface area contributed by atoms with Gasteiger partial charge in [0, 0.05) is 5.56 Å². The summed E-state index contributed by atoms with van der Waals surface area (Å²) in [6, 6.07) is 3.37. The van der Waals surface area contributed by atoms with Crippen molar-refractivity contribution < 1.29 is 14.3 Å². The number of benzene rings is 1. The van der Waals surface area contributed by atoms with E-state index in [-0.39, 0.29) is 5.97 Å². The maximum Gasteiger partial charge on any atom is 0.327 e. The van der Waals surface area contributed by atoms with Crippen LogP contribution in [0.5, 0.6) is 5.75 Å². The van der Waals surface area contributed by atoms with Crippen molar-refractivity contribution in [3.63, 3.8) is 0 Å². The predicted octanol–water partition coefficient (Wildman–Crippen LogP) is 1.75. The molecule has 0 fully saturated rings. The molecule has 0 aliphatic carbocycles. The lowest BCUT2D eigenvalue weighted by Gasteiger charge is -2.18. The van der Waals surface area contributed by atoms with Crippen molar-refractivity contribution in [3.05, 3.63) is 28.8 Å². The first kappa shape index (κ1) is 13.5. The summed E-state index contributed by atoms with van der Waals surface area (Å²) in [6.07, 6.45) is 0. The minimum Gasteiger partial charge on any atom is -0.496 e. The minimum atomic E-state index is -0.505. The Morgan fingerprint density at radius 2 is 1.82 bits per heavy atom. The number of methoxy groups -OCH3 is 2. The van der Waals surface area contributed by atoms with Gasteiger partial charge in [-0.05, 0) is 44.2 Å². The van der Waals surface area contributed by atoms with Gasteiger partial charge < -0.3 is 14.8 Å². The second-order valence-corrected chi connectivity index (χ2v) is 3.92. The summed E-state index contributed by atoms with van der Waals surface area (Å²) in [5, 5.41) is 2.94. The molecule has 1 N–H and O–H groups in total. The monoisotopic (exact) mass is 237 g/mol. The average Bonchev–Trinajstić information content (AvgIpc) is 2.33. The van der Waals surface area contributed by atoms with Crippen LogP contribution in [0.3, 0.4) is 0 Å². The second-order valence-electron chi connectivity index (χ2n) is 3.92. The zero-order chi connectivity index (χ0) is 13.0. The largest absolute Gasteiger partial charge is 0.496 e. The van der Waals surface area contributed by atoms with Crippen LogP contribution in [0.25, 0.3) is 0 Å². The molecule has 1 aromatic rings. The fourth-order valence-electron chi connectivity index (χ4n) is 1.73. The molecule has 0 radical (unpaired) electrons. The highest BCUT2D eigenvalue weighted by Gasteiger charge is 2.23. The normalized spacial score (nSPS) is 12.1. The molecule has 4 heteroatoms. The number of carbonyl (C=O) groups excluding carboxylic acids is 1. The van der Waals surface area contributed by atoms with Gasteiger partial charge in [0.15, 0.2) is 0 Å². The molecule has 0 heterocycles. The predicted molar refractivity (Wildman–Crippen MR) is 66.3 cm³/mol. The Morgan fingerprint density at radius 1 is 1.24 bits per heavy atom. The lowest BCUT2D eigenvalue weighted by atomic mass is 9.99. The van der Waals surface area contributed by atoms with E-state index in [0.29, 0.717) is 5.75 Å². The van der Waals surface area contributed by atoms with Gasteiger partial charge in [-0.1, -0.05) is 0 Å². The fourth-order valence-corrected chi connectivity index (χ4v) is 1.73. The zero-order valence-corrected chi connectivity index (χ0v) is 11.0. The number of aryl methyl sites for hydroxylation is 2. The maximum absolute atomic E-state index is 11.7. The number of carbonyl (C=O) groups is 1. The van der Waals surface area contributed by atoms with Crippen LogP contribution in [-0.2, 0) is 9.53 Å². The third-order valence-corrected chi connectivity index (χ3v) is 2.88. The van der Waals surface area contributed by atoms with Gasteiger partial charge in [-0.15, -0.1) is 0 Å². The van der Waals surface area contributed by atoms with Gasteiger partial charge >= 0.3 is 5.97 Å². The van der Waals surface area contributed by atoms with Gasteiger partial charge in [0.25, 0.3) is 0 Å². The summed E-state index contributed by atoms with van der Waals surface area (Å²) < 4.78 is 10.1. The van der Waals surface area contributed by atoms with Crippen LogP contribution in [0, 0.1) is 13.8 Å². The first-order valence-electron chi connectivity index (χ1n) is 5.45. The second kappa shape index (κ2) is 5.68. The van der Waals surface area contributed by atoms with Gasteiger partial charge in [0.2, 0.25) is 0 Å². The van der Waals surface area contributed by atoms with E-state index in [0.717, 1.165) is 16.7 Å². The summed E-state index contributed by atoms with van der Waals surface area (Å²) in [4.78, 5) is 11.7. The van der Waals surface area contributed by atoms with Crippen LogP contribution in [0.1, 0.15) is 22.7 Å². The van der Waals surface area contributed by atoms with Gasteiger partial charge in [0.05, 0.1) is 14.2 Å². The molecule has 0 spiro atoms. The van der Waals surface area contributed by atoms with Crippen LogP contribution in [0.4, 0.5) is 0 Å². The third-order valence-electron chi connectivity index (χ3n) is 2.88.